The highest BCUT2D eigenvalue weighted by Gasteiger charge is 2.11. The van der Waals surface area contributed by atoms with Crippen LogP contribution in [-0.4, -0.2) is 54.1 Å². The molecular formula is C20H18Br2N2O8. The Hall–Kier alpha value is -3.12. The number of hydrogen-bond acceptors (Lipinski definition) is 7. The monoisotopic (exact) mass is 572 g/mol. The molecule has 0 fully saturated rings. The highest BCUT2D eigenvalue weighted by molar-refractivity contribution is 9.11. The Morgan fingerprint density at radius 3 is 2.12 bits per heavy atom. The van der Waals surface area contributed by atoms with E-state index in [2.05, 4.69) is 42.4 Å². The maximum atomic E-state index is 12.0. The molecule has 0 atom stereocenters. The molecule has 0 aliphatic rings. The largest absolute Gasteiger partial charge is 0.481 e. The van der Waals surface area contributed by atoms with Crippen molar-refractivity contribution in [2.24, 2.45) is 5.10 Å². The molecule has 0 bridgehead atoms. The third-order valence-electron chi connectivity index (χ3n) is 3.56. The first-order chi connectivity index (χ1) is 15.2. The number of rotatable bonds is 11. The number of aryl methyl sites for hydroxylation is 1. The molecule has 0 unspecified atom stereocenters. The molecule has 0 spiro atoms. The smallest absolute Gasteiger partial charge is 0.341 e. The molecule has 0 aliphatic carbocycles. The summed E-state index contributed by atoms with van der Waals surface area (Å²) in [6.45, 7) is 0.360. The molecule has 0 aliphatic heterocycles. The van der Waals surface area contributed by atoms with Crippen molar-refractivity contribution in [1.82, 2.24) is 5.43 Å². The fourth-order valence-electron chi connectivity index (χ4n) is 2.29. The molecular weight excluding hydrogens is 556 g/mol. The number of carbonyl (C=O) groups excluding carboxylic acids is 1. The van der Waals surface area contributed by atoms with E-state index in [-0.39, 0.29) is 18.1 Å². The SMILES string of the molecule is Cc1cc(Br)c(OCC(=O)NN=Cc2ccc(OCC(=O)O)c(OCC(=O)O)c2)c(Br)c1. The summed E-state index contributed by atoms with van der Waals surface area (Å²) in [6, 6.07) is 8.02. The van der Waals surface area contributed by atoms with E-state index in [0.717, 1.165) is 5.56 Å². The van der Waals surface area contributed by atoms with Gasteiger partial charge in [-0.3, -0.25) is 4.79 Å². The predicted octanol–water partition coefficient (Wildman–Crippen LogP) is 2.98. The van der Waals surface area contributed by atoms with Gasteiger partial charge in [-0.15, -0.1) is 0 Å². The number of carboxylic acid groups (broad SMARTS) is 2. The summed E-state index contributed by atoms with van der Waals surface area (Å²) in [6.07, 6.45) is 1.30. The van der Waals surface area contributed by atoms with Gasteiger partial charge in [0.15, 0.2) is 31.3 Å². The van der Waals surface area contributed by atoms with Crippen molar-refractivity contribution in [1.29, 1.82) is 0 Å². The highest BCUT2D eigenvalue weighted by Crippen LogP contribution is 2.34. The zero-order valence-corrected chi connectivity index (χ0v) is 19.8. The number of hydrogen-bond donors (Lipinski definition) is 3. The van der Waals surface area contributed by atoms with E-state index >= 15 is 0 Å². The second kappa shape index (κ2) is 12.1. The Morgan fingerprint density at radius 2 is 1.53 bits per heavy atom. The highest BCUT2D eigenvalue weighted by atomic mass is 79.9. The molecule has 2 aromatic carbocycles. The lowest BCUT2D eigenvalue weighted by atomic mass is 10.2. The van der Waals surface area contributed by atoms with Gasteiger partial charge in [-0.25, -0.2) is 15.0 Å². The summed E-state index contributed by atoms with van der Waals surface area (Å²) in [4.78, 5) is 33.4. The number of halogens is 2. The van der Waals surface area contributed by atoms with Crippen molar-refractivity contribution in [3.8, 4) is 17.2 Å². The first-order valence-electron chi connectivity index (χ1n) is 8.89. The molecule has 0 saturated heterocycles. The predicted molar refractivity (Wildman–Crippen MR) is 121 cm³/mol. The van der Waals surface area contributed by atoms with E-state index in [0.29, 0.717) is 20.3 Å². The average Bonchev–Trinajstić information content (AvgIpc) is 2.70. The minimum absolute atomic E-state index is 0.0151. The number of aliphatic carboxylic acids is 2. The summed E-state index contributed by atoms with van der Waals surface area (Å²) in [5.41, 5.74) is 3.76. The maximum Gasteiger partial charge on any atom is 0.341 e. The first kappa shape index (κ1) is 25.1. The van der Waals surface area contributed by atoms with Crippen LogP contribution in [0.5, 0.6) is 17.2 Å². The Labute approximate surface area is 199 Å². The maximum absolute atomic E-state index is 12.0. The molecule has 2 rings (SSSR count). The quantitative estimate of drug-likeness (QED) is 0.275. The number of benzene rings is 2. The topological polar surface area (TPSA) is 144 Å². The van der Waals surface area contributed by atoms with Gasteiger partial charge in [0.2, 0.25) is 0 Å². The molecule has 0 radical (unpaired) electrons. The number of amides is 1. The normalized spacial score (nSPS) is 10.6. The number of ether oxygens (including phenoxy) is 3. The van der Waals surface area contributed by atoms with Crippen molar-refractivity contribution < 1.29 is 38.8 Å². The van der Waals surface area contributed by atoms with Crippen LogP contribution >= 0.6 is 31.9 Å². The molecule has 12 heteroatoms. The minimum Gasteiger partial charge on any atom is -0.481 e. The lowest BCUT2D eigenvalue weighted by Crippen LogP contribution is -2.24. The Bertz CT molecular complexity index is 1020. The summed E-state index contributed by atoms with van der Waals surface area (Å²) >= 11 is 6.75. The second-order valence-electron chi connectivity index (χ2n) is 6.21. The molecule has 170 valence electrons. The zero-order valence-electron chi connectivity index (χ0n) is 16.6. The number of carbonyl (C=O) groups is 3. The van der Waals surface area contributed by atoms with Crippen molar-refractivity contribution in [3.63, 3.8) is 0 Å². The lowest BCUT2D eigenvalue weighted by Gasteiger charge is -2.11. The third-order valence-corrected chi connectivity index (χ3v) is 4.74. The fraction of sp³-hybridized carbons (Fsp3) is 0.200. The molecule has 1 amide bonds. The summed E-state index contributed by atoms with van der Waals surface area (Å²) in [7, 11) is 0. The molecule has 3 N–H and O–H groups in total. The van der Waals surface area contributed by atoms with Crippen LogP contribution in [0.1, 0.15) is 11.1 Å². The number of carboxylic acids is 2. The Morgan fingerprint density at radius 1 is 0.938 bits per heavy atom. The van der Waals surface area contributed by atoms with Crippen LogP contribution in [0.25, 0.3) is 0 Å². The van der Waals surface area contributed by atoms with Crippen molar-refractivity contribution in [2.75, 3.05) is 19.8 Å². The van der Waals surface area contributed by atoms with Gasteiger partial charge in [0, 0.05) is 0 Å². The van der Waals surface area contributed by atoms with Crippen LogP contribution in [0.4, 0.5) is 0 Å². The van der Waals surface area contributed by atoms with E-state index in [1.54, 1.807) is 0 Å². The van der Waals surface area contributed by atoms with Crippen molar-refractivity contribution in [3.05, 3.63) is 50.4 Å². The van der Waals surface area contributed by atoms with Gasteiger partial charge >= 0.3 is 11.9 Å². The number of nitrogens with zero attached hydrogens (tertiary/aromatic N) is 1. The molecule has 0 saturated carbocycles. The van der Waals surface area contributed by atoms with Crippen LogP contribution in [0.15, 0.2) is 44.4 Å². The molecule has 0 aromatic heterocycles. The third kappa shape index (κ3) is 8.19. The molecule has 32 heavy (non-hydrogen) atoms. The van der Waals surface area contributed by atoms with Crippen molar-refractivity contribution in [2.45, 2.75) is 6.92 Å². The summed E-state index contributed by atoms with van der Waals surface area (Å²) in [5, 5.41) is 21.3. The molecule has 2 aromatic rings. The van der Waals surface area contributed by atoms with E-state index in [9.17, 15) is 14.4 Å². The van der Waals surface area contributed by atoms with E-state index in [1.807, 2.05) is 19.1 Å². The summed E-state index contributed by atoms with van der Waals surface area (Å²) < 4.78 is 17.1. The van der Waals surface area contributed by atoms with Crippen LogP contribution in [0, 0.1) is 6.92 Å². The molecule has 0 heterocycles. The van der Waals surface area contributed by atoms with Gasteiger partial charge < -0.3 is 24.4 Å². The van der Waals surface area contributed by atoms with Crippen LogP contribution in [0.2, 0.25) is 0 Å². The van der Waals surface area contributed by atoms with E-state index in [4.69, 9.17) is 24.4 Å². The van der Waals surface area contributed by atoms with E-state index in [1.165, 1.54) is 24.4 Å². The zero-order chi connectivity index (χ0) is 23.7. The minimum atomic E-state index is -1.22. The van der Waals surface area contributed by atoms with E-state index < -0.39 is 31.1 Å². The van der Waals surface area contributed by atoms with Gasteiger partial charge in [-0.1, -0.05) is 0 Å². The Balaban J connectivity index is 1.99. The standard InChI is InChI=1S/C20H18Br2N2O8/c1-11-4-13(21)20(14(22)5-11)32-8-17(25)24-23-7-12-2-3-15(30-9-18(26)27)16(6-12)31-10-19(28)29/h2-7H,8-10H2,1H3,(H,24,25)(H,26,27)(H,28,29). The molecule has 10 nitrogen and oxygen atoms in total. The summed E-state index contributed by atoms with van der Waals surface area (Å²) in [5.74, 6) is -2.38. The Kier molecular flexibility index (Phi) is 9.47. The van der Waals surface area contributed by atoms with Gasteiger partial charge in [-0.05, 0) is 80.2 Å². The van der Waals surface area contributed by atoms with Gasteiger partial charge in [0.05, 0.1) is 15.2 Å². The lowest BCUT2D eigenvalue weighted by molar-refractivity contribution is -0.140. The number of hydrazone groups is 1. The van der Waals surface area contributed by atoms with Gasteiger partial charge in [-0.2, -0.15) is 5.10 Å². The van der Waals surface area contributed by atoms with Crippen LogP contribution in [-0.2, 0) is 14.4 Å². The first-order valence-corrected chi connectivity index (χ1v) is 10.5. The second-order valence-corrected chi connectivity index (χ2v) is 7.92. The van der Waals surface area contributed by atoms with Gasteiger partial charge in [0.25, 0.3) is 5.91 Å². The van der Waals surface area contributed by atoms with Crippen molar-refractivity contribution >= 4 is 55.9 Å². The fourth-order valence-corrected chi connectivity index (χ4v) is 3.93. The van der Waals surface area contributed by atoms with Crippen LogP contribution < -0.4 is 19.6 Å². The average molecular weight is 574 g/mol. The van der Waals surface area contributed by atoms with Crippen LogP contribution in [0.3, 0.4) is 0 Å². The van der Waals surface area contributed by atoms with Gasteiger partial charge in [0.1, 0.15) is 5.75 Å². The number of nitrogens with one attached hydrogen (secondary N) is 1.